The molecule has 0 aromatic heterocycles. The lowest BCUT2D eigenvalue weighted by Gasteiger charge is -2.10. The monoisotopic (exact) mass is 359 g/mol. The Kier molecular flexibility index (Phi) is 6.26. The van der Waals surface area contributed by atoms with E-state index >= 15 is 0 Å². The van der Waals surface area contributed by atoms with E-state index < -0.39 is 0 Å². The first-order valence-electron chi connectivity index (χ1n) is 9.25. The number of carbonyl (C=O) groups excluding carboxylic acids is 1. The molecule has 0 radical (unpaired) electrons. The molecular formula is C24H25NO2. The lowest BCUT2D eigenvalue weighted by atomic mass is 10.0. The SMILES string of the molecule is CC(C)c1ccc(OCc2cccc(C(=O)NCc3ccccc3)c2)cc1. The van der Waals surface area contributed by atoms with Gasteiger partial charge in [-0.2, -0.15) is 0 Å². The van der Waals surface area contributed by atoms with Crippen LogP contribution in [0.4, 0.5) is 0 Å². The number of rotatable bonds is 7. The van der Waals surface area contributed by atoms with Crippen LogP contribution in [0, 0.1) is 0 Å². The first-order chi connectivity index (χ1) is 13.1. The lowest BCUT2D eigenvalue weighted by Crippen LogP contribution is -2.22. The molecule has 0 saturated carbocycles. The van der Waals surface area contributed by atoms with E-state index in [4.69, 9.17) is 4.74 Å². The number of hydrogen-bond acceptors (Lipinski definition) is 2. The summed E-state index contributed by atoms with van der Waals surface area (Å²) < 4.78 is 5.86. The summed E-state index contributed by atoms with van der Waals surface area (Å²) in [5.41, 5.74) is 3.98. The van der Waals surface area contributed by atoms with Gasteiger partial charge >= 0.3 is 0 Å². The summed E-state index contributed by atoms with van der Waals surface area (Å²) in [5, 5.41) is 2.95. The minimum absolute atomic E-state index is 0.0815. The molecule has 0 unspecified atom stereocenters. The summed E-state index contributed by atoms with van der Waals surface area (Å²) in [6.07, 6.45) is 0. The zero-order valence-electron chi connectivity index (χ0n) is 15.8. The molecule has 0 heterocycles. The van der Waals surface area contributed by atoms with Crippen molar-refractivity contribution in [1.29, 1.82) is 0 Å². The highest BCUT2D eigenvalue weighted by atomic mass is 16.5. The molecule has 138 valence electrons. The molecule has 27 heavy (non-hydrogen) atoms. The average Bonchev–Trinajstić information content (AvgIpc) is 2.71. The molecular weight excluding hydrogens is 334 g/mol. The quantitative estimate of drug-likeness (QED) is 0.620. The van der Waals surface area contributed by atoms with Crippen molar-refractivity contribution in [2.24, 2.45) is 0 Å². The van der Waals surface area contributed by atoms with Gasteiger partial charge in [0.2, 0.25) is 0 Å². The van der Waals surface area contributed by atoms with Crippen molar-refractivity contribution in [3.05, 3.63) is 101 Å². The fourth-order valence-electron chi connectivity index (χ4n) is 2.80. The topological polar surface area (TPSA) is 38.3 Å². The number of nitrogens with one attached hydrogen (secondary N) is 1. The van der Waals surface area contributed by atoms with Crippen molar-refractivity contribution in [2.75, 3.05) is 0 Å². The number of ether oxygens (including phenoxy) is 1. The first kappa shape index (κ1) is 18.7. The van der Waals surface area contributed by atoms with Gasteiger partial charge in [-0.25, -0.2) is 0 Å². The van der Waals surface area contributed by atoms with Crippen molar-refractivity contribution in [1.82, 2.24) is 5.32 Å². The second-order valence-corrected chi connectivity index (χ2v) is 6.88. The molecule has 0 bridgehead atoms. The van der Waals surface area contributed by atoms with Gasteiger partial charge in [-0.05, 0) is 46.9 Å². The van der Waals surface area contributed by atoms with Crippen molar-refractivity contribution in [2.45, 2.75) is 32.9 Å². The Bertz CT molecular complexity index is 870. The third-order valence-corrected chi connectivity index (χ3v) is 4.44. The van der Waals surface area contributed by atoms with E-state index in [1.165, 1.54) is 5.56 Å². The van der Waals surface area contributed by atoms with Gasteiger partial charge in [0, 0.05) is 12.1 Å². The molecule has 3 rings (SSSR count). The zero-order valence-corrected chi connectivity index (χ0v) is 15.8. The molecule has 3 nitrogen and oxygen atoms in total. The maximum atomic E-state index is 12.4. The molecule has 3 aromatic rings. The van der Waals surface area contributed by atoms with Gasteiger partial charge in [0.05, 0.1) is 0 Å². The Hall–Kier alpha value is -3.07. The summed E-state index contributed by atoms with van der Waals surface area (Å²) >= 11 is 0. The van der Waals surface area contributed by atoms with Crippen LogP contribution in [0.2, 0.25) is 0 Å². The van der Waals surface area contributed by atoms with Crippen LogP contribution in [0.15, 0.2) is 78.9 Å². The second kappa shape index (κ2) is 9.04. The van der Waals surface area contributed by atoms with Gasteiger partial charge in [0.25, 0.3) is 5.91 Å². The highest BCUT2D eigenvalue weighted by Crippen LogP contribution is 2.19. The van der Waals surface area contributed by atoms with E-state index in [1.807, 2.05) is 66.7 Å². The highest BCUT2D eigenvalue weighted by Gasteiger charge is 2.07. The number of amides is 1. The average molecular weight is 359 g/mol. The number of benzene rings is 3. The molecule has 0 atom stereocenters. The molecule has 0 saturated heterocycles. The summed E-state index contributed by atoms with van der Waals surface area (Å²) in [7, 11) is 0. The van der Waals surface area contributed by atoms with Gasteiger partial charge in [-0.1, -0.05) is 68.4 Å². The van der Waals surface area contributed by atoms with Crippen LogP contribution >= 0.6 is 0 Å². The Morgan fingerprint density at radius 3 is 2.30 bits per heavy atom. The van der Waals surface area contributed by atoms with Crippen molar-refractivity contribution < 1.29 is 9.53 Å². The summed E-state index contributed by atoms with van der Waals surface area (Å²) in [4.78, 5) is 12.4. The van der Waals surface area contributed by atoms with Crippen LogP contribution in [0.25, 0.3) is 0 Å². The predicted molar refractivity (Wildman–Crippen MR) is 109 cm³/mol. The summed E-state index contributed by atoms with van der Waals surface area (Å²) in [6.45, 7) is 5.29. The molecule has 0 fully saturated rings. The standard InChI is InChI=1S/C24H25NO2/c1-18(2)21-11-13-23(14-12-21)27-17-20-9-6-10-22(15-20)24(26)25-16-19-7-4-3-5-8-19/h3-15,18H,16-17H2,1-2H3,(H,25,26). The molecule has 0 aliphatic carbocycles. The van der Waals surface area contributed by atoms with Crippen LogP contribution in [-0.2, 0) is 13.2 Å². The maximum Gasteiger partial charge on any atom is 0.251 e. The van der Waals surface area contributed by atoms with Crippen molar-refractivity contribution in [3.63, 3.8) is 0 Å². The zero-order chi connectivity index (χ0) is 19.1. The molecule has 1 amide bonds. The van der Waals surface area contributed by atoms with Crippen LogP contribution < -0.4 is 10.1 Å². The summed E-state index contributed by atoms with van der Waals surface area (Å²) in [5.74, 6) is 1.26. The third-order valence-electron chi connectivity index (χ3n) is 4.44. The minimum atomic E-state index is -0.0815. The second-order valence-electron chi connectivity index (χ2n) is 6.88. The summed E-state index contributed by atoms with van der Waals surface area (Å²) in [6, 6.07) is 25.6. The van der Waals surface area contributed by atoms with E-state index in [9.17, 15) is 4.79 Å². The Morgan fingerprint density at radius 2 is 1.59 bits per heavy atom. The van der Waals surface area contributed by atoms with Crippen molar-refractivity contribution >= 4 is 5.91 Å². The minimum Gasteiger partial charge on any atom is -0.489 e. The van der Waals surface area contributed by atoms with E-state index in [-0.39, 0.29) is 5.91 Å². The van der Waals surface area contributed by atoms with Gasteiger partial charge in [0.1, 0.15) is 12.4 Å². The van der Waals surface area contributed by atoms with Gasteiger partial charge in [-0.3, -0.25) is 4.79 Å². The fraction of sp³-hybridized carbons (Fsp3) is 0.208. The van der Waals surface area contributed by atoms with Gasteiger partial charge < -0.3 is 10.1 Å². The lowest BCUT2D eigenvalue weighted by molar-refractivity contribution is 0.0950. The normalized spacial score (nSPS) is 10.6. The third kappa shape index (κ3) is 5.45. The van der Waals surface area contributed by atoms with Crippen LogP contribution in [-0.4, -0.2) is 5.91 Å². The predicted octanol–water partition coefficient (Wildman–Crippen LogP) is 5.32. The van der Waals surface area contributed by atoms with Crippen LogP contribution in [0.1, 0.15) is 46.8 Å². The molecule has 0 spiro atoms. The van der Waals surface area contributed by atoms with Crippen LogP contribution in [0.3, 0.4) is 0 Å². The van der Waals surface area contributed by atoms with Gasteiger partial charge in [0.15, 0.2) is 0 Å². The smallest absolute Gasteiger partial charge is 0.251 e. The van der Waals surface area contributed by atoms with E-state index in [1.54, 1.807) is 0 Å². The Labute approximate surface area is 161 Å². The Balaban J connectivity index is 1.57. The van der Waals surface area contributed by atoms with E-state index in [2.05, 4.69) is 31.3 Å². The number of hydrogen-bond donors (Lipinski definition) is 1. The van der Waals surface area contributed by atoms with E-state index in [0.29, 0.717) is 24.6 Å². The highest BCUT2D eigenvalue weighted by molar-refractivity contribution is 5.94. The first-order valence-corrected chi connectivity index (χ1v) is 9.25. The molecule has 0 aliphatic heterocycles. The fourth-order valence-corrected chi connectivity index (χ4v) is 2.80. The Morgan fingerprint density at radius 1 is 0.889 bits per heavy atom. The molecule has 0 aliphatic rings. The van der Waals surface area contributed by atoms with Crippen LogP contribution in [0.5, 0.6) is 5.75 Å². The van der Waals surface area contributed by atoms with E-state index in [0.717, 1.165) is 16.9 Å². The van der Waals surface area contributed by atoms with Crippen molar-refractivity contribution in [3.8, 4) is 5.75 Å². The molecule has 3 aromatic carbocycles. The maximum absolute atomic E-state index is 12.4. The largest absolute Gasteiger partial charge is 0.489 e. The molecule has 3 heteroatoms. The number of carbonyl (C=O) groups is 1. The molecule has 1 N–H and O–H groups in total. The van der Waals surface area contributed by atoms with Gasteiger partial charge in [-0.15, -0.1) is 0 Å².